The van der Waals surface area contributed by atoms with Crippen molar-refractivity contribution in [3.8, 4) is 21.1 Å². The van der Waals surface area contributed by atoms with E-state index in [-0.39, 0.29) is 11.7 Å². The third kappa shape index (κ3) is 5.44. The average Bonchev–Trinajstić information content (AvgIpc) is 3.60. The van der Waals surface area contributed by atoms with Crippen LogP contribution in [0.1, 0.15) is 11.4 Å². The van der Waals surface area contributed by atoms with E-state index in [0.717, 1.165) is 46.6 Å². The van der Waals surface area contributed by atoms with Gasteiger partial charge in [-0.1, -0.05) is 0 Å². The Kier molecular flexibility index (Phi) is 6.73. The van der Waals surface area contributed by atoms with Crippen molar-refractivity contribution in [2.24, 2.45) is 0 Å². The monoisotopic (exact) mass is 496 g/mol. The van der Waals surface area contributed by atoms with Gasteiger partial charge in [0, 0.05) is 66.1 Å². The van der Waals surface area contributed by atoms with Gasteiger partial charge in [-0.05, 0) is 41.8 Å². The highest BCUT2D eigenvalue weighted by atomic mass is 32.1. The summed E-state index contributed by atoms with van der Waals surface area (Å²) < 4.78 is 13.1. The van der Waals surface area contributed by atoms with Crippen LogP contribution in [0.5, 0.6) is 0 Å². The molecule has 0 radical (unpaired) electrons. The van der Waals surface area contributed by atoms with Crippen molar-refractivity contribution in [3.05, 3.63) is 75.1 Å². The van der Waals surface area contributed by atoms with Crippen LogP contribution in [0.2, 0.25) is 0 Å². The zero-order valence-electron chi connectivity index (χ0n) is 17.7. The minimum absolute atomic E-state index is 0.000570. The van der Waals surface area contributed by atoms with Crippen molar-refractivity contribution >= 4 is 46.0 Å². The predicted molar refractivity (Wildman–Crippen MR) is 134 cm³/mol. The predicted octanol–water partition coefficient (Wildman–Crippen LogP) is 5.49. The van der Waals surface area contributed by atoms with Gasteiger partial charge in [-0.2, -0.15) is 11.3 Å². The molecule has 1 aliphatic heterocycles. The number of piperazine rings is 1. The maximum atomic E-state index is 13.1. The number of thiophene rings is 1. The van der Waals surface area contributed by atoms with Gasteiger partial charge in [-0.15, -0.1) is 22.7 Å². The van der Waals surface area contributed by atoms with Crippen molar-refractivity contribution in [2.75, 3.05) is 26.2 Å². The topological polar surface area (TPSA) is 49.3 Å². The first-order valence-corrected chi connectivity index (χ1v) is 13.2. The Balaban J connectivity index is 1.12. The fourth-order valence-electron chi connectivity index (χ4n) is 3.60. The summed E-state index contributed by atoms with van der Waals surface area (Å²) in [6, 6.07) is 8.36. The fraction of sp³-hybridized carbons (Fsp3) is 0.208. The lowest BCUT2D eigenvalue weighted by atomic mass is 10.2. The lowest BCUT2D eigenvalue weighted by Gasteiger charge is -2.33. The highest BCUT2D eigenvalue weighted by molar-refractivity contribution is 7.14. The van der Waals surface area contributed by atoms with Crippen LogP contribution in [0.25, 0.3) is 27.2 Å². The van der Waals surface area contributed by atoms with Gasteiger partial charge in [-0.25, -0.2) is 14.4 Å². The summed E-state index contributed by atoms with van der Waals surface area (Å²) >= 11 is 4.84. The molecule has 0 bridgehead atoms. The summed E-state index contributed by atoms with van der Waals surface area (Å²) in [5, 5.41) is 10.1. The largest absolute Gasteiger partial charge is 0.337 e. The maximum Gasteiger partial charge on any atom is 0.246 e. The number of rotatable bonds is 6. The third-order valence-corrected chi connectivity index (χ3v) is 7.93. The number of hydrogen-bond acceptors (Lipinski definition) is 7. The number of carbonyl (C=O) groups is 1. The van der Waals surface area contributed by atoms with Crippen LogP contribution in [-0.4, -0.2) is 51.9 Å². The van der Waals surface area contributed by atoms with Crippen molar-refractivity contribution in [1.82, 2.24) is 19.8 Å². The first-order chi connectivity index (χ1) is 16.1. The molecule has 9 heteroatoms. The number of aromatic nitrogens is 2. The maximum absolute atomic E-state index is 13.1. The SMILES string of the molecule is O=C(/C=C/c1csc(-c2ccc(F)cc2)n1)N1CCN(Cc2csc(-c3ccsc3)n2)CC1. The first kappa shape index (κ1) is 22.1. The summed E-state index contributed by atoms with van der Waals surface area (Å²) in [5.74, 6) is -0.268. The third-order valence-electron chi connectivity index (χ3n) is 5.40. The number of nitrogens with zero attached hydrogens (tertiary/aromatic N) is 4. The lowest BCUT2D eigenvalue weighted by molar-refractivity contribution is -0.127. The van der Waals surface area contributed by atoms with Crippen LogP contribution >= 0.6 is 34.0 Å². The van der Waals surface area contributed by atoms with Crippen LogP contribution in [-0.2, 0) is 11.3 Å². The molecule has 4 aromatic rings. The van der Waals surface area contributed by atoms with Gasteiger partial charge >= 0.3 is 0 Å². The molecule has 168 valence electrons. The van der Waals surface area contributed by atoms with Crippen LogP contribution in [0.4, 0.5) is 4.39 Å². The number of amides is 1. The molecule has 33 heavy (non-hydrogen) atoms. The van der Waals surface area contributed by atoms with E-state index >= 15 is 0 Å². The Morgan fingerprint density at radius 3 is 2.45 bits per heavy atom. The summed E-state index contributed by atoms with van der Waals surface area (Å²) in [7, 11) is 0. The van der Waals surface area contributed by atoms with E-state index < -0.39 is 0 Å². The van der Waals surface area contributed by atoms with E-state index in [1.54, 1.807) is 47.0 Å². The highest BCUT2D eigenvalue weighted by Crippen LogP contribution is 2.26. The molecule has 4 heterocycles. The highest BCUT2D eigenvalue weighted by Gasteiger charge is 2.20. The Hall–Kier alpha value is -2.72. The van der Waals surface area contributed by atoms with Crippen LogP contribution in [0.3, 0.4) is 0 Å². The Morgan fingerprint density at radius 1 is 0.939 bits per heavy atom. The second kappa shape index (κ2) is 10.0. The molecule has 0 aliphatic carbocycles. The molecule has 3 aromatic heterocycles. The van der Waals surface area contributed by atoms with E-state index in [1.165, 1.54) is 29.0 Å². The molecule has 5 nitrogen and oxygen atoms in total. The molecule has 1 aromatic carbocycles. The smallest absolute Gasteiger partial charge is 0.246 e. The molecular formula is C24H21FN4OS3. The lowest BCUT2D eigenvalue weighted by Crippen LogP contribution is -2.47. The van der Waals surface area contributed by atoms with E-state index in [1.807, 2.05) is 10.3 Å². The zero-order valence-corrected chi connectivity index (χ0v) is 20.1. The van der Waals surface area contributed by atoms with E-state index in [0.29, 0.717) is 13.1 Å². The number of hydrogen-bond donors (Lipinski definition) is 0. The molecule has 1 saturated heterocycles. The summed E-state index contributed by atoms with van der Waals surface area (Å²) in [5.41, 5.74) is 3.87. The normalized spacial score (nSPS) is 14.9. The molecule has 1 fully saturated rings. The molecule has 0 atom stereocenters. The zero-order chi connectivity index (χ0) is 22.6. The molecule has 1 amide bonds. The van der Waals surface area contributed by atoms with E-state index in [9.17, 15) is 9.18 Å². The molecule has 0 spiro atoms. The summed E-state index contributed by atoms with van der Waals surface area (Å²) in [6.07, 6.45) is 3.34. The van der Waals surface area contributed by atoms with Crippen LogP contribution in [0.15, 0.2) is 57.9 Å². The Morgan fingerprint density at radius 2 is 1.70 bits per heavy atom. The Labute approximate surface area is 203 Å². The fourth-order valence-corrected chi connectivity index (χ4v) is 5.92. The van der Waals surface area contributed by atoms with E-state index in [4.69, 9.17) is 4.98 Å². The van der Waals surface area contributed by atoms with Gasteiger partial charge < -0.3 is 4.90 Å². The standard InChI is InChI=1S/C24H21FN4OS3/c25-19-3-1-17(2-4-19)23-26-20(15-32-23)5-6-22(30)29-10-8-28(9-11-29)13-21-16-33-24(27-21)18-7-12-31-14-18/h1-7,12,14-16H,8-11,13H2/b6-5+. The van der Waals surface area contributed by atoms with Gasteiger partial charge in [-0.3, -0.25) is 9.69 Å². The Bertz CT molecular complexity index is 1240. The molecule has 0 N–H and O–H groups in total. The van der Waals surface area contributed by atoms with Gasteiger partial charge in [0.15, 0.2) is 0 Å². The van der Waals surface area contributed by atoms with Gasteiger partial charge in [0.2, 0.25) is 5.91 Å². The van der Waals surface area contributed by atoms with Crippen molar-refractivity contribution in [1.29, 1.82) is 0 Å². The minimum atomic E-state index is -0.268. The number of thiazole rings is 2. The number of carbonyl (C=O) groups excluding carboxylic acids is 1. The van der Waals surface area contributed by atoms with E-state index in [2.05, 4.69) is 32.1 Å². The van der Waals surface area contributed by atoms with Crippen molar-refractivity contribution in [3.63, 3.8) is 0 Å². The average molecular weight is 497 g/mol. The minimum Gasteiger partial charge on any atom is -0.337 e. The van der Waals surface area contributed by atoms with Crippen molar-refractivity contribution < 1.29 is 9.18 Å². The van der Waals surface area contributed by atoms with Gasteiger partial charge in [0.05, 0.1) is 11.4 Å². The molecule has 0 saturated carbocycles. The molecular weight excluding hydrogens is 475 g/mol. The number of benzene rings is 1. The second-order valence-corrected chi connectivity index (χ2v) is 10.2. The number of halogens is 1. The second-order valence-electron chi connectivity index (χ2n) is 7.68. The quantitative estimate of drug-likeness (QED) is 0.331. The first-order valence-electron chi connectivity index (χ1n) is 10.5. The van der Waals surface area contributed by atoms with Gasteiger partial charge in [0.25, 0.3) is 0 Å². The molecule has 1 aliphatic rings. The summed E-state index contributed by atoms with van der Waals surface area (Å²) in [4.78, 5) is 26.1. The molecule has 5 rings (SSSR count). The molecule has 0 unspecified atom stereocenters. The summed E-state index contributed by atoms with van der Waals surface area (Å²) in [6.45, 7) is 3.86. The van der Waals surface area contributed by atoms with Crippen LogP contribution in [0, 0.1) is 5.82 Å². The van der Waals surface area contributed by atoms with Crippen molar-refractivity contribution in [2.45, 2.75) is 6.54 Å². The van der Waals surface area contributed by atoms with Crippen LogP contribution < -0.4 is 0 Å². The van der Waals surface area contributed by atoms with Gasteiger partial charge in [0.1, 0.15) is 15.8 Å².